The molecular formula is C31H39NO4. The molecule has 36 heavy (non-hydrogen) atoms. The van der Waals surface area contributed by atoms with E-state index in [-0.39, 0.29) is 0 Å². The number of ether oxygens (including phenoxy) is 1. The molecule has 5 heteroatoms. The molecule has 0 aliphatic heterocycles. The van der Waals surface area contributed by atoms with Gasteiger partial charge in [-0.25, -0.2) is 4.79 Å². The molecule has 5 nitrogen and oxygen atoms in total. The van der Waals surface area contributed by atoms with Crippen LogP contribution in [0.25, 0.3) is 0 Å². The monoisotopic (exact) mass is 489 g/mol. The van der Waals surface area contributed by atoms with E-state index in [1.165, 1.54) is 11.1 Å². The summed E-state index contributed by atoms with van der Waals surface area (Å²) in [6.07, 6.45) is 5.93. The number of carboxylic acids is 1. The zero-order valence-electron chi connectivity index (χ0n) is 21.3. The summed E-state index contributed by atoms with van der Waals surface area (Å²) in [5.41, 5.74) is 2.45. The molecule has 0 fully saturated rings. The summed E-state index contributed by atoms with van der Waals surface area (Å²) in [6.45, 7) is 6.82. The number of carbonyl (C=O) groups is 1. The fourth-order valence-corrected chi connectivity index (χ4v) is 3.85. The Balaban J connectivity index is 0.000000346. The number of carboxylic acid groups (broad SMARTS) is 1. The number of benzene rings is 3. The lowest BCUT2D eigenvalue weighted by Crippen LogP contribution is -2.35. The van der Waals surface area contributed by atoms with Crippen LogP contribution in [0.4, 0.5) is 0 Å². The fourth-order valence-electron chi connectivity index (χ4n) is 3.85. The minimum absolute atomic E-state index is 0.402. The fraction of sp³-hybridized carbons (Fsp3) is 0.323. The molecule has 0 aliphatic rings. The topological polar surface area (TPSA) is 78.8 Å². The molecule has 0 spiro atoms. The summed E-state index contributed by atoms with van der Waals surface area (Å²) in [4.78, 5) is 10.2. The molecule has 1 unspecified atom stereocenters. The molecule has 0 aliphatic carbocycles. The number of aliphatic hydroxyl groups is 1. The van der Waals surface area contributed by atoms with Crippen molar-refractivity contribution in [2.45, 2.75) is 44.8 Å². The highest BCUT2D eigenvalue weighted by molar-refractivity contribution is 5.73. The third-order valence-electron chi connectivity index (χ3n) is 5.83. The summed E-state index contributed by atoms with van der Waals surface area (Å²) in [5, 5.41) is 20.9. The first-order valence-corrected chi connectivity index (χ1v) is 12.6. The summed E-state index contributed by atoms with van der Waals surface area (Å²) >= 11 is 0. The van der Waals surface area contributed by atoms with Crippen LogP contribution in [0.2, 0.25) is 0 Å². The Morgan fingerprint density at radius 1 is 0.944 bits per heavy atom. The number of rotatable bonds is 13. The highest BCUT2D eigenvalue weighted by Crippen LogP contribution is 2.37. The lowest BCUT2D eigenvalue weighted by Gasteiger charge is -2.35. The first kappa shape index (κ1) is 29.0. The van der Waals surface area contributed by atoms with Gasteiger partial charge in [-0.1, -0.05) is 116 Å². The molecular weight excluding hydrogens is 450 g/mol. The average Bonchev–Trinajstić information content (AvgIpc) is 2.93. The summed E-state index contributed by atoms with van der Waals surface area (Å²) in [6, 6.07) is 29.5. The molecule has 0 saturated carbocycles. The molecule has 0 saturated heterocycles. The van der Waals surface area contributed by atoms with E-state index in [1.54, 1.807) is 30.3 Å². The van der Waals surface area contributed by atoms with Gasteiger partial charge in [0.25, 0.3) is 0 Å². The quantitative estimate of drug-likeness (QED) is 0.199. The molecule has 0 heterocycles. The van der Waals surface area contributed by atoms with E-state index in [1.807, 2.05) is 6.92 Å². The first-order chi connectivity index (χ1) is 17.5. The van der Waals surface area contributed by atoms with Gasteiger partial charge in [-0.3, -0.25) is 0 Å². The van der Waals surface area contributed by atoms with Crippen LogP contribution in [0.1, 0.15) is 55.9 Å². The third kappa shape index (κ3) is 9.08. The third-order valence-corrected chi connectivity index (χ3v) is 5.83. The van der Waals surface area contributed by atoms with Gasteiger partial charge < -0.3 is 20.3 Å². The normalized spacial score (nSPS) is 12.1. The molecule has 3 aromatic carbocycles. The largest absolute Gasteiger partial charge is 0.479 e. The lowest BCUT2D eigenvalue weighted by atomic mass is 9.83. The number of nitrogens with one attached hydrogen (secondary N) is 1. The highest BCUT2D eigenvalue weighted by Gasteiger charge is 2.34. The van der Waals surface area contributed by atoms with Crippen LogP contribution in [0, 0.1) is 0 Å². The molecule has 0 radical (unpaired) electrons. The zero-order valence-corrected chi connectivity index (χ0v) is 21.3. The van der Waals surface area contributed by atoms with Crippen LogP contribution >= 0.6 is 0 Å². The summed E-state index contributed by atoms with van der Waals surface area (Å²) in [5.74, 6) is -1.23. The maximum Gasteiger partial charge on any atom is 0.337 e. The van der Waals surface area contributed by atoms with E-state index in [0.717, 1.165) is 39.0 Å². The van der Waals surface area contributed by atoms with Gasteiger partial charge in [0, 0.05) is 13.2 Å². The van der Waals surface area contributed by atoms with E-state index in [0.29, 0.717) is 5.56 Å². The van der Waals surface area contributed by atoms with Crippen molar-refractivity contribution in [3.05, 3.63) is 120 Å². The molecule has 1 atom stereocenters. The van der Waals surface area contributed by atoms with Crippen molar-refractivity contribution in [1.82, 2.24) is 5.32 Å². The van der Waals surface area contributed by atoms with Gasteiger partial charge in [0.1, 0.15) is 5.60 Å². The molecule has 192 valence electrons. The van der Waals surface area contributed by atoms with Crippen molar-refractivity contribution in [3.63, 3.8) is 0 Å². The van der Waals surface area contributed by atoms with Crippen molar-refractivity contribution >= 4 is 5.97 Å². The van der Waals surface area contributed by atoms with E-state index < -0.39 is 17.7 Å². The molecule has 3 N–H and O–H groups in total. The Labute approximate surface area is 215 Å². The van der Waals surface area contributed by atoms with Gasteiger partial charge in [-0.05, 0) is 43.0 Å². The number of hydrogen-bond donors (Lipinski definition) is 3. The van der Waals surface area contributed by atoms with Gasteiger partial charge in [-0.15, -0.1) is 0 Å². The van der Waals surface area contributed by atoms with Crippen LogP contribution in [0.15, 0.2) is 103 Å². The van der Waals surface area contributed by atoms with Crippen LogP contribution in [0.3, 0.4) is 0 Å². The van der Waals surface area contributed by atoms with E-state index in [9.17, 15) is 4.79 Å². The number of aliphatic carboxylic acids is 1. The van der Waals surface area contributed by atoms with Crippen molar-refractivity contribution in [3.8, 4) is 0 Å². The lowest BCUT2D eigenvalue weighted by molar-refractivity contribution is -0.146. The van der Waals surface area contributed by atoms with Crippen molar-refractivity contribution < 1.29 is 19.7 Å². The number of unbranched alkanes of at least 4 members (excludes halogenated alkanes) is 1. The molecule has 0 aromatic heterocycles. The number of allylic oxidation sites excluding steroid dienone is 1. The SMILES string of the molecule is C/C=C/CNCCC(OCCCC)(c1ccccc1)c1ccccc1.O=C(O)C(O)c1ccccc1. The van der Waals surface area contributed by atoms with Gasteiger partial charge in [0.05, 0.1) is 0 Å². The van der Waals surface area contributed by atoms with E-state index in [4.69, 9.17) is 14.9 Å². The number of hydrogen-bond acceptors (Lipinski definition) is 4. The zero-order chi connectivity index (χ0) is 26.1. The van der Waals surface area contributed by atoms with E-state index >= 15 is 0 Å². The highest BCUT2D eigenvalue weighted by atomic mass is 16.5. The standard InChI is InChI=1S/C23H31NO.C8H8O3/c1-3-5-18-24-19-17-23(25-20-6-4-2,21-13-9-7-10-14-21)22-15-11-8-12-16-22;9-7(8(10)11)6-4-2-1-3-5-6/h3,5,7-16,24H,4,6,17-20H2,1-2H3;1-5,7,9H,(H,10,11)/b5-3+;. The second-order valence-corrected chi connectivity index (χ2v) is 8.44. The molecule has 3 aromatic rings. The van der Waals surface area contributed by atoms with Gasteiger partial charge in [0.15, 0.2) is 6.10 Å². The van der Waals surface area contributed by atoms with Crippen LogP contribution < -0.4 is 5.32 Å². The first-order valence-electron chi connectivity index (χ1n) is 12.6. The van der Waals surface area contributed by atoms with Crippen LogP contribution in [-0.4, -0.2) is 35.9 Å². The molecule has 0 bridgehead atoms. The number of aliphatic hydroxyl groups excluding tert-OH is 1. The Hall–Kier alpha value is -3.25. The predicted molar refractivity (Wildman–Crippen MR) is 146 cm³/mol. The minimum atomic E-state index is -1.41. The maximum atomic E-state index is 10.2. The second kappa shape index (κ2) is 16.4. The Morgan fingerprint density at radius 2 is 1.47 bits per heavy atom. The predicted octanol–water partition coefficient (Wildman–Crippen LogP) is 6.11. The van der Waals surface area contributed by atoms with Crippen molar-refractivity contribution in [1.29, 1.82) is 0 Å². The van der Waals surface area contributed by atoms with E-state index in [2.05, 4.69) is 85.1 Å². The maximum absolute atomic E-state index is 10.2. The molecule has 0 amide bonds. The Bertz CT molecular complexity index is 967. The van der Waals surface area contributed by atoms with Crippen LogP contribution in [0.5, 0.6) is 0 Å². The van der Waals surface area contributed by atoms with Gasteiger partial charge >= 0.3 is 5.97 Å². The van der Waals surface area contributed by atoms with Crippen molar-refractivity contribution in [2.24, 2.45) is 0 Å². The molecule has 3 rings (SSSR count). The summed E-state index contributed by atoms with van der Waals surface area (Å²) in [7, 11) is 0. The van der Waals surface area contributed by atoms with Gasteiger partial charge in [-0.2, -0.15) is 0 Å². The minimum Gasteiger partial charge on any atom is -0.479 e. The second-order valence-electron chi connectivity index (χ2n) is 8.44. The average molecular weight is 490 g/mol. The van der Waals surface area contributed by atoms with Gasteiger partial charge in [0.2, 0.25) is 0 Å². The van der Waals surface area contributed by atoms with Crippen LogP contribution in [-0.2, 0) is 15.1 Å². The van der Waals surface area contributed by atoms with Crippen molar-refractivity contribution in [2.75, 3.05) is 19.7 Å². The smallest absolute Gasteiger partial charge is 0.337 e. The Morgan fingerprint density at radius 3 is 1.94 bits per heavy atom. The Kier molecular flexibility index (Phi) is 13.2. The summed E-state index contributed by atoms with van der Waals surface area (Å²) < 4.78 is 6.59.